The van der Waals surface area contributed by atoms with Gasteiger partial charge in [-0.15, -0.1) is 0 Å². The maximum absolute atomic E-state index is 5.28. The third-order valence-electron chi connectivity index (χ3n) is 3.43. The van der Waals surface area contributed by atoms with Gasteiger partial charge in [0.25, 0.3) is 0 Å². The average molecular weight is 264 g/mol. The molecule has 106 valence electrons. The number of aryl methyl sites for hydroxylation is 1. The summed E-state index contributed by atoms with van der Waals surface area (Å²) >= 11 is 0. The fraction of sp³-hybridized carbons (Fsp3) is 0.714. The first kappa shape index (κ1) is 14.1. The minimum absolute atomic E-state index is 0.608. The van der Waals surface area contributed by atoms with Crippen LogP contribution in [0.15, 0.2) is 6.07 Å². The van der Waals surface area contributed by atoms with E-state index in [-0.39, 0.29) is 0 Å². The molecule has 0 spiro atoms. The monoisotopic (exact) mass is 264 g/mol. The molecule has 0 bridgehead atoms. The van der Waals surface area contributed by atoms with E-state index in [0.29, 0.717) is 5.92 Å². The summed E-state index contributed by atoms with van der Waals surface area (Å²) in [6, 6.07) is 2.05. The molecule has 0 saturated carbocycles. The number of aromatic nitrogens is 2. The fourth-order valence-corrected chi connectivity index (χ4v) is 2.63. The van der Waals surface area contributed by atoms with Crippen LogP contribution in [0.4, 0.5) is 11.6 Å². The van der Waals surface area contributed by atoms with Crippen molar-refractivity contribution in [1.29, 1.82) is 0 Å². The van der Waals surface area contributed by atoms with Crippen LogP contribution in [0.1, 0.15) is 25.6 Å². The molecule has 1 atom stereocenters. The van der Waals surface area contributed by atoms with Crippen molar-refractivity contribution in [2.75, 3.05) is 43.6 Å². The molecular formula is C14H24N4O. The van der Waals surface area contributed by atoms with Crippen molar-refractivity contribution >= 4 is 11.6 Å². The summed E-state index contributed by atoms with van der Waals surface area (Å²) < 4.78 is 5.28. The molecule has 0 radical (unpaired) electrons. The zero-order valence-corrected chi connectivity index (χ0v) is 12.1. The van der Waals surface area contributed by atoms with E-state index in [2.05, 4.69) is 27.1 Å². The smallest absolute Gasteiger partial charge is 0.134 e. The zero-order chi connectivity index (χ0) is 13.7. The van der Waals surface area contributed by atoms with Gasteiger partial charge in [-0.2, -0.15) is 0 Å². The third kappa shape index (κ3) is 3.80. The molecule has 1 unspecified atom stereocenters. The Bertz CT molecular complexity index is 408. The molecule has 1 aromatic rings. The summed E-state index contributed by atoms with van der Waals surface area (Å²) in [5, 5.41) is 3.26. The van der Waals surface area contributed by atoms with Crippen molar-refractivity contribution < 1.29 is 4.74 Å². The van der Waals surface area contributed by atoms with Gasteiger partial charge < -0.3 is 15.0 Å². The Labute approximate surface area is 115 Å². The van der Waals surface area contributed by atoms with E-state index >= 15 is 0 Å². The van der Waals surface area contributed by atoms with Gasteiger partial charge in [-0.3, -0.25) is 0 Å². The Kier molecular flexibility index (Phi) is 4.96. The Balaban J connectivity index is 2.11. The average Bonchev–Trinajstić information content (AvgIpc) is 2.39. The van der Waals surface area contributed by atoms with Crippen molar-refractivity contribution in [3.63, 3.8) is 0 Å². The van der Waals surface area contributed by atoms with Crippen LogP contribution in [0.5, 0.6) is 0 Å². The van der Waals surface area contributed by atoms with Gasteiger partial charge in [0.1, 0.15) is 17.5 Å². The van der Waals surface area contributed by atoms with Crippen LogP contribution in [0.25, 0.3) is 0 Å². The number of piperidine rings is 1. The Morgan fingerprint density at radius 3 is 3.05 bits per heavy atom. The topological polar surface area (TPSA) is 50.3 Å². The number of ether oxygens (including phenoxy) is 1. The van der Waals surface area contributed by atoms with Crippen molar-refractivity contribution in [1.82, 2.24) is 9.97 Å². The standard InChI is InChI=1S/C14H24N4O/c1-4-15-13-8-14(17-11(2)16-13)18-7-5-6-12(9-18)10-19-3/h8,12H,4-7,9-10H2,1-3H3,(H,15,16,17). The summed E-state index contributed by atoms with van der Waals surface area (Å²) in [5.74, 6) is 3.38. The highest BCUT2D eigenvalue weighted by molar-refractivity contribution is 5.49. The van der Waals surface area contributed by atoms with Crippen molar-refractivity contribution in [3.05, 3.63) is 11.9 Å². The predicted molar refractivity (Wildman–Crippen MR) is 77.7 cm³/mol. The van der Waals surface area contributed by atoms with Crippen molar-refractivity contribution in [2.24, 2.45) is 5.92 Å². The van der Waals surface area contributed by atoms with E-state index in [1.807, 2.05) is 13.0 Å². The van der Waals surface area contributed by atoms with E-state index in [1.165, 1.54) is 12.8 Å². The highest BCUT2D eigenvalue weighted by atomic mass is 16.5. The minimum Gasteiger partial charge on any atom is -0.384 e. The largest absolute Gasteiger partial charge is 0.384 e. The number of anilines is 2. The summed E-state index contributed by atoms with van der Waals surface area (Å²) in [6.07, 6.45) is 2.45. The molecule has 0 amide bonds. The van der Waals surface area contributed by atoms with E-state index < -0.39 is 0 Å². The first-order valence-corrected chi connectivity index (χ1v) is 7.06. The number of nitrogens with zero attached hydrogens (tertiary/aromatic N) is 3. The molecule has 2 heterocycles. The molecule has 1 saturated heterocycles. The van der Waals surface area contributed by atoms with Crippen LogP contribution in [0.3, 0.4) is 0 Å². The summed E-state index contributed by atoms with van der Waals surface area (Å²) in [4.78, 5) is 11.3. The molecule has 5 heteroatoms. The van der Waals surface area contributed by atoms with Gasteiger partial charge >= 0.3 is 0 Å². The van der Waals surface area contributed by atoms with E-state index in [1.54, 1.807) is 7.11 Å². The molecule has 19 heavy (non-hydrogen) atoms. The van der Waals surface area contributed by atoms with Gasteiger partial charge in [0.15, 0.2) is 0 Å². The first-order chi connectivity index (χ1) is 9.22. The second kappa shape index (κ2) is 6.70. The predicted octanol–water partition coefficient (Wildman–Crippen LogP) is 2.08. The lowest BCUT2D eigenvalue weighted by atomic mass is 9.99. The Morgan fingerprint density at radius 2 is 2.32 bits per heavy atom. The van der Waals surface area contributed by atoms with E-state index in [0.717, 1.165) is 43.7 Å². The molecule has 0 aliphatic carbocycles. The molecule has 1 aliphatic heterocycles. The van der Waals surface area contributed by atoms with Crippen LogP contribution < -0.4 is 10.2 Å². The van der Waals surface area contributed by atoms with Crippen LogP contribution >= 0.6 is 0 Å². The lowest BCUT2D eigenvalue weighted by molar-refractivity contribution is 0.143. The number of hydrogen-bond donors (Lipinski definition) is 1. The Hall–Kier alpha value is -1.36. The van der Waals surface area contributed by atoms with Gasteiger partial charge in [-0.1, -0.05) is 0 Å². The maximum Gasteiger partial charge on any atom is 0.134 e. The van der Waals surface area contributed by atoms with E-state index in [4.69, 9.17) is 4.74 Å². The number of hydrogen-bond acceptors (Lipinski definition) is 5. The van der Waals surface area contributed by atoms with Crippen molar-refractivity contribution in [2.45, 2.75) is 26.7 Å². The third-order valence-corrected chi connectivity index (χ3v) is 3.43. The number of rotatable bonds is 5. The second-order valence-corrected chi connectivity index (χ2v) is 5.10. The van der Waals surface area contributed by atoms with Crippen LogP contribution in [0, 0.1) is 12.8 Å². The summed E-state index contributed by atoms with van der Waals surface area (Å²) in [7, 11) is 1.77. The molecule has 5 nitrogen and oxygen atoms in total. The number of nitrogens with one attached hydrogen (secondary N) is 1. The molecule has 1 fully saturated rings. The van der Waals surface area contributed by atoms with Crippen LogP contribution in [-0.4, -0.2) is 43.3 Å². The first-order valence-electron chi connectivity index (χ1n) is 7.06. The molecular weight excluding hydrogens is 240 g/mol. The quantitative estimate of drug-likeness (QED) is 0.882. The molecule has 2 rings (SSSR count). The highest BCUT2D eigenvalue weighted by Gasteiger charge is 2.21. The van der Waals surface area contributed by atoms with Gasteiger partial charge in [0, 0.05) is 32.8 Å². The van der Waals surface area contributed by atoms with E-state index in [9.17, 15) is 0 Å². The summed E-state index contributed by atoms with van der Waals surface area (Å²) in [6.45, 7) is 7.83. The van der Waals surface area contributed by atoms with Gasteiger partial charge in [0.2, 0.25) is 0 Å². The Morgan fingerprint density at radius 1 is 1.47 bits per heavy atom. The number of methoxy groups -OCH3 is 1. The molecule has 1 N–H and O–H groups in total. The van der Waals surface area contributed by atoms with Crippen LogP contribution in [-0.2, 0) is 4.74 Å². The van der Waals surface area contributed by atoms with Gasteiger partial charge in [0.05, 0.1) is 6.61 Å². The van der Waals surface area contributed by atoms with Crippen LogP contribution in [0.2, 0.25) is 0 Å². The highest BCUT2D eigenvalue weighted by Crippen LogP contribution is 2.23. The molecule has 1 aliphatic rings. The lowest BCUT2D eigenvalue weighted by Crippen LogP contribution is -2.37. The zero-order valence-electron chi connectivity index (χ0n) is 12.1. The van der Waals surface area contributed by atoms with Crippen molar-refractivity contribution in [3.8, 4) is 0 Å². The van der Waals surface area contributed by atoms with Gasteiger partial charge in [-0.05, 0) is 32.6 Å². The molecule has 0 aromatic carbocycles. The second-order valence-electron chi connectivity index (χ2n) is 5.10. The minimum atomic E-state index is 0.608. The summed E-state index contributed by atoms with van der Waals surface area (Å²) in [5.41, 5.74) is 0. The normalized spacial score (nSPS) is 19.5. The lowest BCUT2D eigenvalue weighted by Gasteiger charge is -2.33. The maximum atomic E-state index is 5.28. The molecule has 1 aromatic heterocycles. The SMILES string of the molecule is CCNc1cc(N2CCCC(COC)C2)nc(C)n1. The van der Waals surface area contributed by atoms with Gasteiger partial charge in [-0.25, -0.2) is 9.97 Å². The fourth-order valence-electron chi connectivity index (χ4n) is 2.63.